The molecule has 0 saturated carbocycles. The van der Waals surface area contributed by atoms with Gasteiger partial charge in [0.25, 0.3) is 0 Å². The van der Waals surface area contributed by atoms with Gasteiger partial charge >= 0.3 is 0 Å². The molecule has 0 aromatic rings. The van der Waals surface area contributed by atoms with Crippen molar-refractivity contribution in [1.29, 1.82) is 0 Å². The topological polar surface area (TPSA) is 0 Å². The predicted molar refractivity (Wildman–Crippen MR) is 50.5 cm³/mol. The standard InChI is InChI=1S/C11H18/c1-10(2)6-5-9-11-7-3-4-8-11/h5,7,9-10H,3-4,6,8H2,1-2H3/b9-5+. The maximum atomic E-state index is 2.36. The summed E-state index contributed by atoms with van der Waals surface area (Å²) in [5.74, 6) is 0.799. The van der Waals surface area contributed by atoms with Crippen LogP contribution in [-0.4, -0.2) is 0 Å². The Morgan fingerprint density at radius 1 is 1.55 bits per heavy atom. The molecule has 0 aliphatic heterocycles. The largest absolute Gasteiger partial charge is 0.0840 e. The zero-order valence-electron chi connectivity index (χ0n) is 7.64. The third-order valence-corrected chi connectivity index (χ3v) is 2.02. The molecule has 1 aliphatic rings. The van der Waals surface area contributed by atoms with Crippen LogP contribution in [0.5, 0.6) is 0 Å². The van der Waals surface area contributed by atoms with Crippen LogP contribution in [0.4, 0.5) is 0 Å². The number of hydrogen-bond donors (Lipinski definition) is 0. The highest BCUT2D eigenvalue weighted by atomic mass is 14.0. The molecule has 0 unspecified atom stereocenters. The summed E-state index contributed by atoms with van der Waals surface area (Å²) in [6.45, 7) is 4.51. The maximum Gasteiger partial charge on any atom is -0.0279 e. The Morgan fingerprint density at radius 2 is 2.36 bits per heavy atom. The lowest BCUT2D eigenvalue weighted by atomic mass is 10.1. The SMILES string of the molecule is CC(C)C/C=C/C1=CCCC1. The molecule has 0 fully saturated rings. The molecule has 1 aliphatic carbocycles. The highest BCUT2D eigenvalue weighted by Gasteiger charge is 1.99. The van der Waals surface area contributed by atoms with Crippen molar-refractivity contribution in [3.8, 4) is 0 Å². The zero-order valence-corrected chi connectivity index (χ0v) is 7.64. The summed E-state index contributed by atoms with van der Waals surface area (Å²) >= 11 is 0. The molecule has 62 valence electrons. The van der Waals surface area contributed by atoms with Gasteiger partial charge in [0.1, 0.15) is 0 Å². The first-order chi connectivity index (χ1) is 5.29. The van der Waals surface area contributed by atoms with E-state index in [1.807, 2.05) is 0 Å². The molecule has 1 rings (SSSR count). The zero-order chi connectivity index (χ0) is 8.10. The third kappa shape index (κ3) is 3.41. The van der Waals surface area contributed by atoms with Crippen LogP contribution in [-0.2, 0) is 0 Å². The molecule has 0 radical (unpaired) electrons. The normalized spacial score (nSPS) is 18.3. The number of rotatable bonds is 3. The number of allylic oxidation sites excluding steroid dienone is 4. The fourth-order valence-corrected chi connectivity index (χ4v) is 1.34. The first-order valence-corrected chi connectivity index (χ1v) is 4.64. The molecule has 0 spiro atoms. The van der Waals surface area contributed by atoms with E-state index in [9.17, 15) is 0 Å². The van der Waals surface area contributed by atoms with Gasteiger partial charge in [0.2, 0.25) is 0 Å². The Balaban J connectivity index is 2.23. The van der Waals surface area contributed by atoms with Crippen LogP contribution in [0.3, 0.4) is 0 Å². The average Bonchev–Trinajstić information content (AvgIpc) is 2.39. The molecule has 0 atom stereocenters. The monoisotopic (exact) mass is 150 g/mol. The van der Waals surface area contributed by atoms with Gasteiger partial charge in [-0.15, -0.1) is 0 Å². The van der Waals surface area contributed by atoms with Crippen molar-refractivity contribution in [3.05, 3.63) is 23.8 Å². The molecular formula is C11H18. The molecule has 0 amide bonds. The van der Waals surface area contributed by atoms with E-state index in [2.05, 4.69) is 32.1 Å². The van der Waals surface area contributed by atoms with Crippen LogP contribution in [0.15, 0.2) is 23.8 Å². The first-order valence-electron chi connectivity index (χ1n) is 4.64. The van der Waals surface area contributed by atoms with Gasteiger partial charge in [-0.05, 0) is 31.6 Å². The van der Waals surface area contributed by atoms with Gasteiger partial charge in [0, 0.05) is 0 Å². The fraction of sp³-hybridized carbons (Fsp3) is 0.636. The van der Waals surface area contributed by atoms with Crippen LogP contribution in [0.1, 0.15) is 39.5 Å². The van der Waals surface area contributed by atoms with Crippen LogP contribution in [0.2, 0.25) is 0 Å². The van der Waals surface area contributed by atoms with Gasteiger partial charge in [-0.1, -0.05) is 37.6 Å². The second-order valence-electron chi connectivity index (χ2n) is 3.70. The van der Waals surface area contributed by atoms with Crippen LogP contribution in [0.25, 0.3) is 0 Å². The summed E-state index contributed by atoms with van der Waals surface area (Å²) in [6.07, 6.45) is 12.1. The second kappa shape index (κ2) is 4.38. The van der Waals surface area contributed by atoms with Crippen molar-refractivity contribution in [2.75, 3.05) is 0 Å². The molecule has 11 heavy (non-hydrogen) atoms. The summed E-state index contributed by atoms with van der Waals surface area (Å²) < 4.78 is 0. The Morgan fingerprint density at radius 3 is 2.91 bits per heavy atom. The minimum absolute atomic E-state index is 0.799. The lowest BCUT2D eigenvalue weighted by Crippen LogP contribution is -1.81. The average molecular weight is 150 g/mol. The van der Waals surface area contributed by atoms with E-state index in [-0.39, 0.29) is 0 Å². The predicted octanol–water partition coefficient (Wildman–Crippen LogP) is 3.70. The van der Waals surface area contributed by atoms with Gasteiger partial charge < -0.3 is 0 Å². The van der Waals surface area contributed by atoms with Gasteiger partial charge in [-0.3, -0.25) is 0 Å². The lowest BCUT2D eigenvalue weighted by molar-refractivity contribution is 0.663. The summed E-state index contributed by atoms with van der Waals surface area (Å²) in [4.78, 5) is 0. The smallest absolute Gasteiger partial charge is 0.0279 e. The van der Waals surface area contributed by atoms with Gasteiger partial charge in [-0.2, -0.15) is 0 Å². The lowest BCUT2D eigenvalue weighted by Gasteiger charge is -1.96. The molecule has 0 aromatic heterocycles. The van der Waals surface area contributed by atoms with Gasteiger partial charge in [0.05, 0.1) is 0 Å². The van der Waals surface area contributed by atoms with Crippen molar-refractivity contribution >= 4 is 0 Å². The van der Waals surface area contributed by atoms with Crippen LogP contribution in [0, 0.1) is 5.92 Å². The van der Waals surface area contributed by atoms with E-state index < -0.39 is 0 Å². The number of hydrogen-bond acceptors (Lipinski definition) is 0. The van der Waals surface area contributed by atoms with Crippen molar-refractivity contribution in [3.63, 3.8) is 0 Å². The van der Waals surface area contributed by atoms with E-state index in [1.165, 1.54) is 25.7 Å². The van der Waals surface area contributed by atoms with Crippen molar-refractivity contribution in [2.45, 2.75) is 39.5 Å². The second-order valence-corrected chi connectivity index (χ2v) is 3.70. The fourth-order valence-electron chi connectivity index (χ4n) is 1.34. The van der Waals surface area contributed by atoms with Crippen LogP contribution >= 0.6 is 0 Å². The van der Waals surface area contributed by atoms with E-state index in [0.29, 0.717) is 0 Å². The van der Waals surface area contributed by atoms with Gasteiger partial charge in [0.15, 0.2) is 0 Å². The summed E-state index contributed by atoms with van der Waals surface area (Å²) in [5, 5.41) is 0. The van der Waals surface area contributed by atoms with E-state index in [0.717, 1.165) is 5.92 Å². The molecule has 0 heteroatoms. The molecule has 0 bridgehead atoms. The van der Waals surface area contributed by atoms with E-state index in [4.69, 9.17) is 0 Å². The summed E-state index contributed by atoms with van der Waals surface area (Å²) in [5.41, 5.74) is 1.55. The quantitative estimate of drug-likeness (QED) is 0.575. The van der Waals surface area contributed by atoms with Crippen molar-refractivity contribution in [1.82, 2.24) is 0 Å². The molecular weight excluding hydrogens is 132 g/mol. The molecule has 0 aromatic carbocycles. The Labute approximate surface area is 70.0 Å². The van der Waals surface area contributed by atoms with Gasteiger partial charge in [-0.25, -0.2) is 0 Å². The maximum absolute atomic E-state index is 2.36. The molecule has 0 N–H and O–H groups in total. The Kier molecular flexibility index (Phi) is 3.41. The minimum atomic E-state index is 0.799. The third-order valence-electron chi connectivity index (χ3n) is 2.02. The first kappa shape index (κ1) is 8.58. The molecule has 0 nitrogen and oxygen atoms in total. The van der Waals surface area contributed by atoms with Crippen molar-refractivity contribution in [2.24, 2.45) is 5.92 Å². The Hall–Kier alpha value is -0.520. The minimum Gasteiger partial charge on any atom is -0.0840 e. The Bertz CT molecular complexity index is 161. The van der Waals surface area contributed by atoms with Crippen molar-refractivity contribution < 1.29 is 0 Å². The molecule has 0 heterocycles. The van der Waals surface area contributed by atoms with Crippen LogP contribution < -0.4 is 0 Å². The highest BCUT2D eigenvalue weighted by Crippen LogP contribution is 2.18. The summed E-state index contributed by atoms with van der Waals surface area (Å²) in [6, 6.07) is 0. The van der Waals surface area contributed by atoms with E-state index in [1.54, 1.807) is 5.57 Å². The summed E-state index contributed by atoms with van der Waals surface area (Å²) in [7, 11) is 0. The molecule has 0 saturated heterocycles. The highest BCUT2D eigenvalue weighted by molar-refractivity contribution is 5.21. The van der Waals surface area contributed by atoms with E-state index >= 15 is 0 Å².